The van der Waals surface area contributed by atoms with Crippen molar-refractivity contribution < 1.29 is 13.5 Å². The molecule has 0 aliphatic rings. The molecule has 0 saturated heterocycles. The summed E-state index contributed by atoms with van der Waals surface area (Å²) < 4.78 is 36.5. The summed E-state index contributed by atoms with van der Waals surface area (Å²) in [5.41, 5.74) is 3.71. The van der Waals surface area contributed by atoms with Crippen molar-refractivity contribution in [1.82, 2.24) is 4.57 Å². The average Bonchev–Trinajstić information content (AvgIpc) is 3.01. The molecule has 2 nitrogen and oxygen atoms in total. The predicted molar refractivity (Wildman–Crippen MR) is 121 cm³/mol. The average molecular weight is 503 g/mol. The van der Waals surface area contributed by atoms with E-state index in [9.17, 15) is 8.78 Å². The number of fused-ring (bicyclic) bond motifs is 1. The highest BCUT2D eigenvalue weighted by Crippen LogP contribution is 2.37. The number of hydrogen-bond acceptors (Lipinski definition) is 1. The lowest BCUT2D eigenvalue weighted by atomic mass is 10.1. The van der Waals surface area contributed by atoms with Crippen molar-refractivity contribution in [2.75, 3.05) is 0 Å². The first-order valence-corrected chi connectivity index (χ1v) is 10.5. The van der Waals surface area contributed by atoms with Gasteiger partial charge in [-0.05, 0) is 64.4 Å². The molecule has 0 bridgehead atoms. The van der Waals surface area contributed by atoms with Gasteiger partial charge in [0.2, 0.25) is 0 Å². The summed E-state index contributed by atoms with van der Waals surface area (Å²) in [4.78, 5) is 0. The maximum absolute atomic E-state index is 13.9. The van der Waals surface area contributed by atoms with E-state index in [1.165, 1.54) is 12.1 Å². The van der Waals surface area contributed by atoms with E-state index in [4.69, 9.17) is 4.74 Å². The summed E-state index contributed by atoms with van der Waals surface area (Å²) in [6.45, 7) is 4.68. The molecule has 0 saturated carbocycles. The van der Waals surface area contributed by atoms with Crippen LogP contribution in [0.5, 0.6) is 5.75 Å². The zero-order valence-electron chi connectivity index (χ0n) is 16.1. The summed E-state index contributed by atoms with van der Waals surface area (Å²) in [7, 11) is 0. The van der Waals surface area contributed by atoms with Gasteiger partial charge in [0.25, 0.3) is 0 Å². The van der Waals surface area contributed by atoms with Crippen molar-refractivity contribution in [2.24, 2.45) is 0 Å². The molecule has 0 aliphatic carbocycles. The van der Waals surface area contributed by atoms with E-state index in [1.807, 2.05) is 53.1 Å². The van der Waals surface area contributed by atoms with Crippen LogP contribution in [0.2, 0.25) is 0 Å². The van der Waals surface area contributed by atoms with Gasteiger partial charge in [-0.25, -0.2) is 8.78 Å². The molecule has 0 spiro atoms. The van der Waals surface area contributed by atoms with Gasteiger partial charge in [-0.2, -0.15) is 0 Å². The Bertz CT molecular complexity index is 1170. The van der Waals surface area contributed by atoms with Crippen LogP contribution in [-0.2, 0) is 6.61 Å². The first-order chi connectivity index (χ1) is 14.0. The van der Waals surface area contributed by atoms with Gasteiger partial charge in [0.05, 0.1) is 5.52 Å². The second-order valence-corrected chi connectivity index (χ2v) is 8.32. The number of halogens is 3. The molecule has 5 heteroatoms. The molecule has 148 valence electrons. The van der Waals surface area contributed by atoms with Crippen LogP contribution in [0.1, 0.15) is 31.0 Å². The first kappa shape index (κ1) is 19.9. The summed E-state index contributed by atoms with van der Waals surface area (Å²) in [5.74, 6) is -0.715. The van der Waals surface area contributed by atoms with E-state index >= 15 is 0 Å². The molecule has 0 aliphatic heterocycles. The highest BCUT2D eigenvalue weighted by atomic mass is 127. The Morgan fingerprint density at radius 2 is 1.69 bits per heavy atom. The highest BCUT2D eigenvalue weighted by molar-refractivity contribution is 14.1. The minimum Gasteiger partial charge on any atom is -0.489 e. The number of nitrogens with zero attached hydrogens (tertiary/aromatic N) is 1. The third-order valence-electron chi connectivity index (χ3n) is 4.87. The van der Waals surface area contributed by atoms with Crippen molar-refractivity contribution in [2.45, 2.75) is 26.4 Å². The van der Waals surface area contributed by atoms with Crippen LogP contribution in [0.25, 0.3) is 16.6 Å². The standard InChI is InChI=1S/C24H20F2INO/c1-15(2)24-23(27)19-13-18(29-14-16-6-4-3-5-7-16)9-11-22(19)28(24)17-8-10-20(25)21(26)12-17/h3-13,15H,14H2,1-2H3. The van der Waals surface area contributed by atoms with Crippen LogP contribution in [0.15, 0.2) is 66.7 Å². The van der Waals surface area contributed by atoms with Crippen LogP contribution in [-0.4, -0.2) is 4.57 Å². The molecular weight excluding hydrogens is 483 g/mol. The molecule has 4 aromatic rings. The second kappa shape index (κ2) is 8.14. The predicted octanol–water partition coefficient (Wildman–Crippen LogP) is 7.22. The molecule has 3 aromatic carbocycles. The Morgan fingerprint density at radius 1 is 0.931 bits per heavy atom. The molecule has 0 radical (unpaired) electrons. The molecule has 1 aromatic heterocycles. The van der Waals surface area contributed by atoms with Crippen molar-refractivity contribution in [3.63, 3.8) is 0 Å². The lowest BCUT2D eigenvalue weighted by molar-refractivity contribution is 0.306. The first-order valence-electron chi connectivity index (χ1n) is 9.41. The maximum Gasteiger partial charge on any atom is 0.160 e. The second-order valence-electron chi connectivity index (χ2n) is 7.24. The Kier molecular flexibility index (Phi) is 5.58. The molecule has 1 heterocycles. The Hall–Kier alpha value is -2.41. The minimum atomic E-state index is -0.850. The molecule has 0 atom stereocenters. The van der Waals surface area contributed by atoms with Gasteiger partial charge in [-0.3, -0.25) is 0 Å². The summed E-state index contributed by atoms with van der Waals surface area (Å²) in [6, 6.07) is 19.9. The van der Waals surface area contributed by atoms with E-state index in [1.54, 1.807) is 6.07 Å². The van der Waals surface area contributed by atoms with Crippen LogP contribution in [0, 0.1) is 15.2 Å². The summed E-state index contributed by atoms with van der Waals surface area (Å²) in [6.07, 6.45) is 0. The summed E-state index contributed by atoms with van der Waals surface area (Å²) in [5, 5.41) is 1.03. The fourth-order valence-electron chi connectivity index (χ4n) is 3.50. The number of rotatable bonds is 5. The van der Waals surface area contributed by atoms with Crippen molar-refractivity contribution in [3.8, 4) is 11.4 Å². The molecular formula is C24H20F2INO. The smallest absolute Gasteiger partial charge is 0.160 e. The number of aromatic nitrogens is 1. The van der Waals surface area contributed by atoms with Gasteiger partial charge in [0, 0.05) is 26.4 Å². The zero-order valence-corrected chi connectivity index (χ0v) is 18.3. The lowest BCUT2D eigenvalue weighted by Gasteiger charge is -2.14. The fourth-order valence-corrected chi connectivity index (χ4v) is 4.79. The highest BCUT2D eigenvalue weighted by Gasteiger charge is 2.20. The normalized spacial score (nSPS) is 11.4. The van der Waals surface area contributed by atoms with Gasteiger partial charge < -0.3 is 9.30 Å². The van der Waals surface area contributed by atoms with E-state index < -0.39 is 11.6 Å². The largest absolute Gasteiger partial charge is 0.489 e. The zero-order chi connectivity index (χ0) is 20.5. The third kappa shape index (κ3) is 3.88. The van der Waals surface area contributed by atoms with Gasteiger partial charge in [0.15, 0.2) is 11.6 Å². The van der Waals surface area contributed by atoms with Gasteiger partial charge in [-0.1, -0.05) is 44.2 Å². The third-order valence-corrected chi connectivity index (χ3v) is 6.00. The monoisotopic (exact) mass is 503 g/mol. The quantitative estimate of drug-likeness (QED) is 0.263. The number of hydrogen-bond donors (Lipinski definition) is 0. The Labute approximate surface area is 182 Å². The minimum absolute atomic E-state index is 0.205. The lowest BCUT2D eigenvalue weighted by Crippen LogP contribution is -2.04. The molecule has 0 amide bonds. The van der Waals surface area contributed by atoms with Gasteiger partial charge >= 0.3 is 0 Å². The van der Waals surface area contributed by atoms with E-state index in [-0.39, 0.29) is 5.92 Å². The van der Waals surface area contributed by atoms with Crippen LogP contribution < -0.4 is 4.74 Å². The van der Waals surface area contributed by atoms with Crippen molar-refractivity contribution in [1.29, 1.82) is 0 Å². The number of ether oxygens (including phenoxy) is 1. The van der Waals surface area contributed by atoms with Crippen LogP contribution in [0.3, 0.4) is 0 Å². The van der Waals surface area contributed by atoms with Crippen LogP contribution >= 0.6 is 22.6 Å². The fraction of sp³-hybridized carbons (Fsp3) is 0.167. The molecule has 0 fully saturated rings. The SMILES string of the molecule is CC(C)c1c(I)c2cc(OCc3ccccc3)ccc2n1-c1ccc(F)c(F)c1. The maximum atomic E-state index is 13.9. The van der Waals surface area contributed by atoms with E-state index in [0.29, 0.717) is 12.3 Å². The van der Waals surface area contributed by atoms with E-state index in [2.05, 4.69) is 36.4 Å². The van der Waals surface area contributed by atoms with E-state index in [0.717, 1.165) is 31.5 Å². The topological polar surface area (TPSA) is 14.2 Å². The van der Waals surface area contributed by atoms with Crippen molar-refractivity contribution >= 4 is 33.5 Å². The molecule has 29 heavy (non-hydrogen) atoms. The Balaban J connectivity index is 1.79. The molecule has 4 rings (SSSR count). The molecule has 0 N–H and O–H groups in total. The molecule has 0 unspecified atom stereocenters. The van der Waals surface area contributed by atoms with Gasteiger partial charge in [0.1, 0.15) is 12.4 Å². The summed E-state index contributed by atoms with van der Waals surface area (Å²) >= 11 is 2.33. The van der Waals surface area contributed by atoms with Gasteiger partial charge in [-0.15, -0.1) is 0 Å². The number of benzene rings is 3. The Morgan fingerprint density at radius 3 is 2.38 bits per heavy atom. The van der Waals surface area contributed by atoms with Crippen molar-refractivity contribution in [3.05, 3.63) is 93.2 Å². The van der Waals surface area contributed by atoms with Crippen LogP contribution in [0.4, 0.5) is 8.78 Å².